The predicted octanol–water partition coefficient (Wildman–Crippen LogP) is 1.77. The first-order valence-electron chi connectivity index (χ1n) is 8.17. The van der Waals surface area contributed by atoms with E-state index in [2.05, 4.69) is 4.90 Å². The molecule has 2 saturated heterocycles. The van der Waals surface area contributed by atoms with Crippen molar-refractivity contribution in [3.8, 4) is 0 Å². The maximum Gasteiger partial charge on any atom is 0.357 e. The molecule has 6 nitrogen and oxygen atoms in total. The molecule has 0 aliphatic carbocycles. The second-order valence-corrected chi connectivity index (χ2v) is 6.12. The number of hydroxylamine groups is 2. The molecule has 2 fully saturated rings. The Hall–Kier alpha value is -1.92. The van der Waals surface area contributed by atoms with E-state index < -0.39 is 18.0 Å². The van der Waals surface area contributed by atoms with Gasteiger partial charge in [0.15, 0.2) is 6.04 Å². The van der Waals surface area contributed by atoms with Crippen LogP contribution < -0.4 is 0 Å². The van der Waals surface area contributed by atoms with Gasteiger partial charge in [0.25, 0.3) is 0 Å². The number of hydrogen-bond acceptors (Lipinski definition) is 5. The quantitative estimate of drug-likeness (QED) is 0.912. The highest BCUT2D eigenvalue weighted by atomic mass is 16.7. The summed E-state index contributed by atoms with van der Waals surface area (Å²) in [6.07, 6.45) is 4.12. The van der Waals surface area contributed by atoms with Crippen molar-refractivity contribution in [3.05, 3.63) is 35.9 Å². The first-order valence-corrected chi connectivity index (χ1v) is 8.17. The van der Waals surface area contributed by atoms with E-state index in [0.717, 1.165) is 25.9 Å². The third-order valence-corrected chi connectivity index (χ3v) is 4.64. The number of rotatable bonds is 4. The van der Waals surface area contributed by atoms with Gasteiger partial charge < -0.3 is 9.94 Å². The molecular formula is C17H22N2O4. The van der Waals surface area contributed by atoms with E-state index >= 15 is 0 Å². The summed E-state index contributed by atoms with van der Waals surface area (Å²) in [5.74, 6) is -1.44. The second kappa shape index (κ2) is 7.10. The van der Waals surface area contributed by atoms with Crippen LogP contribution in [-0.4, -0.2) is 58.7 Å². The number of carbonyl (C=O) groups excluding carboxylic acids is 1. The number of carboxylic acids is 1. The molecule has 2 aliphatic heterocycles. The molecule has 2 heterocycles. The summed E-state index contributed by atoms with van der Waals surface area (Å²) >= 11 is 0. The topological polar surface area (TPSA) is 70.1 Å². The Morgan fingerprint density at radius 2 is 1.74 bits per heavy atom. The van der Waals surface area contributed by atoms with Crippen LogP contribution in [0.5, 0.6) is 0 Å². The van der Waals surface area contributed by atoms with Gasteiger partial charge in [0, 0.05) is 12.6 Å². The van der Waals surface area contributed by atoms with Crippen LogP contribution in [0.3, 0.4) is 0 Å². The molecule has 2 aliphatic rings. The molecule has 0 aromatic heterocycles. The lowest BCUT2D eigenvalue weighted by molar-refractivity contribution is -0.167. The number of aliphatic carboxylic acids is 1. The van der Waals surface area contributed by atoms with Gasteiger partial charge >= 0.3 is 11.9 Å². The highest BCUT2D eigenvalue weighted by molar-refractivity contribution is 5.89. The zero-order valence-corrected chi connectivity index (χ0v) is 13.1. The third kappa shape index (κ3) is 3.54. The molecule has 1 unspecified atom stereocenters. The molecule has 0 bridgehead atoms. The predicted molar refractivity (Wildman–Crippen MR) is 83.8 cm³/mol. The number of nitrogens with zero attached hydrogens (tertiary/aromatic N) is 2. The Kier molecular flexibility index (Phi) is 4.93. The average molecular weight is 318 g/mol. The summed E-state index contributed by atoms with van der Waals surface area (Å²) in [4.78, 5) is 31.5. The minimum absolute atomic E-state index is 0.0867. The average Bonchev–Trinajstić information content (AvgIpc) is 3.00. The molecule has 0 spiro atoms. The minimum atomic E-state index is -0.932. The van der Waals surface area contributed by atoms with Gasteiger partial charge in [-0.05, 0) is 44.5 Å². The van der Waals surface area contributed by atoms with Crippen molar-refractivity contribution in [2.24, 2.45) is 0 Å². The van der Waals surface area contributed by atoms with Crippen molar-refractivity contribution < 1.29 is 19.5 Å². The fourth-order valence-corrected chi connectivity index (χ4v) is 3.50. The van der Waals surface area contributed by atoms with Gasteiger partial charge in [-0.3, -0.25) is 9.69 Å². The highest BCUT2D eigenvalue weighted by Crippen LogP contribution is 2.27. The number of carbonyl (C=O) groups is 2. The lowest BCUT2D eigenvalue weighted by Gasteiger charge is -2.34. The van der Waals surface area contributed by atoms with E-state index in [1.807, 2.05) is 6.07 Å². The van der Waals surface area contributed by atoms with Crippen molar-refractivity contribution in [1.82, 2.24) is 9.96 Å². The smallest absolute Gasteiger partial charge is 0.357 e. The van der Waals surface area contributed by atoms with E-state index in [9.17, 15) is 14.7 Å². The van der Waals surface area contributed by atoms with Gasteiger partial charge in [-0.1, -0.05) is 24.6 Å². The lowest BCUT2D eigenvalue weighted by atomic mass is 10.0. The van der Waals surface area contributed by atoms with E-state index in [1.54, 1.807) is 24.3 Å². The standard InChI is InChI=1S/C17H22N2O4/c20-16(21)15-14(18-10-5-2-6-11-18)9-12-19(15)23-17(22)13-7-3-1-4-8-13/h1,3-4,7-8,14-15H,2,5-6,9-12H2,(H,20,21)/t14-,15?/m1/s1. The number of benzene rings is 1. The summed E-state index contributed by atoms with van der Waals surface area (Å²) in [5.41, 5.74) is 0.429. The maximum absolute atomic E-state index is 12.2. The lowest BCUT2D eigenvalue weighted by Crippen LogP contribution is -2.51. The van der Waals surface area contributed by atoms with Crippen molar-refractivity contribution in [1.29, 1.82) is 0 Å². The van der Waals surface area contributed by atoms with Crippen molar-refractivity contribution in [2.45, 2.75) is 37.8 Å². The Balaban J connectivity index is 1.69. The van der Waals surface area contributed by atoms with Gasteiger partial charge in [0.1, 0.15) is 0 Å². The first-order chi connectivity index (χ1) is 11.2. The van der Waals surface area contributed by atoms with Crippen LogP contribution in [0.25, 0.3) is 0 Å². The monoisotopic (exact) mass is 318 g/mol. The summed E-state index contributed by atoms with van der Waals surface area (Å²) in [6.45, 7) is 2.31. The molecule has 1 aromatic rings. The molecule has 0 radical (unpaired) electrons. The van der Waals surface area contributed by atoms with Crippen LogP contribution in [0.1, 0.15) is 36.0 Å². The third-order valence-electron chi connectivity index (χ3n) is 4.64. The summed E-state index contributed by atoms with van der Waals surface area (Å²) < 4.78 is 0. The molecule has 3 rings (SSSR count). The van der Waals surface area contributed by atoms with E-state index in [0.29, 0.717) is 18.5 Å². The van der Waals surface area contributed by atoms with Crippen LogP contribution in [-0.2, 0) is 9.63 Å². The summed E-state index contributed by atoms with van der Waals surface area (Å²) in [7, 11) is 0. The molecule has 23 heavy (non-hydrogen) atoms. The molecule has 0 saturated carbocycles. The van der Waals surface area contributed by atoms with Crippen LogP contribution in [0.15, 0.2) is 30.3 Å². The van der Waals surface area contributed by atoms with Crippen molar-refractivity contribution >= 4 is 11.9 Å². The van der Waals surface area contributed by atoms with Crippen LogP contribution in [0.4, 0.5) is 0 Å². The molecule has 1 N–H and O–H groups in total. The fraction of sp³-hybridized carbons (Fsp3) is 0.529. The molecule has 2 atom stereocenters. The minimum Gasteiger partial charge on any atom is -0.480 e. The Bertz CT molecular complexity index is 557. The van der Waals surface area contributed by atoms with Gasteiger partial charge in [0.05, 0.1) is 5.56 Å². The molecule has 6 heteroatoms. The Labute approximate surface area is 135 Å². The number of carboxylic acid groups (broad SMARTS) is 1. The largest absolute Gasteiger partial charge is 0.480 e. The van der Waals surface area contributed by atoms with E-state index in [1.165, 1.54) is 11.5 Å². The number of likely N-dealkylation sites (tertiary alicyclic amines) is 1. The molecule has 0 amide bonds. The molecular weight excluding hydrogens is 296 g/mol. The number of hydrogen-bond donors (Lipinski definition) is 1. The SMILES string of the molecule is O=C(ON1CC[C@@H](N2CCCCC2)C1C(=O)O)c1ccccc1. The first kappa shape index (κ1) is 16.0. The van der Waals surface area contributed by atoms with Gasteiger partial charge in [-0.15, -0.1) is 5.06 Å². The number of piperidine rings is 1. The highest BCUT2D eigenvalue weighted by Gasteiger charge is 2.45. The molecule has 124 valence electrons. The van der Waals surface area contributed by atoms with Crippen LogP contribution in [0.2, 0.25) is 0 Å². The van der Waals surface area contributed by atoms with Crippen molar-refractivity contribution in [3.63, 3.8) is 0 Å². The fourth-order valence-electron chi connectivity index (χ4n) is 3.50. The van der Waals surface area contributed by atoms with Gasteiger partial charge in [0.2, 0.25) is 0 Å². The maximum atomic E-state index is 12.2. The van der Waals surface area contributed by atoms with E-state index in [-0.39, 0.29) is 6.04 Å². The van der Waals surface area contributed by atoms with Gasteiger partial charge in [-0.2, -0.15) is 0 Å². The second-order valence-electron chi connectivity index (χ2n) is 6.12. The van der Waals surface area contributed by atoms with E-state index in [4.69, 9.17) is 4.84 Å². The summed E-state index contributed by atoms with van der Waals surface area (Å²) in [6, 6.07) is 7.78. The molecule has 1 aromatic carbocycles. The Morgan fingerprint density at radius 3 is 2.39 bits per heavy atom. The van der Waals surface area contributed by atoms with Gasteiger partial charge in [-0.25, -0.2) is 4.79 Å². The summed E-state index contributed by atoms with van der Waals surface area (Å²) in [5, 5.41) is 11.0. The Morgan fingerprint density at radius 1 is 1.04 bits per heavy atom. The van der Waals surface area contributed by atoms with Crippen LogP contribution >= 0.6 is 0 Å². The normalized spacial score (nSPS) is 26.1. The van der Waals surface area contributed by atoms with Crippen LogP contribution in [0, 0.1) is 0 Å². The van der Waals surface area contributed by atoms with Crippen molar-refractivity contribution in [2.75, 3.05) is 19.6 Å². The zero-order chi connectivity index (χ0) is 16.2. The zero-order valence-electron chi connectivity index (χ0n) is 13.1.